The predicted octanol–water partition coefficient (Wildman–Crippen LogP) is 4.23. The summed E-state index contributed by atoms with van der Waals surface area (Å²) >= 11 is 0. The summed E-state index contributed by atoms with van der Waals surface area (Å²) in [5.41, 5.74) is 0.611. The maximum atomic E-state index is 10.4. The molecule has 5 fully saturated rings. The third-order valence-corrected chi connectivity index (χ3v) is 7.92. The predicted molar refractivity (Wildman–Crippen MR) is 102 cm³/mol. The number of piperidine rings is 1. The Labute approximate surface area is 154 Å². The molecule has 0 aromatic carbocycles. The third-order valence-electron chi connectivity index (χ3n) is 7.92. The lowest BCUT2D eigenvalue weighted by Crippen LogP contribution is -2.46. The minimum Gasteiger partial charge on any atom is -0.389 e. The highest BCUT2D eigenvalue weighted by atomic mass is 16.5. The van der Waals surface area contributed by atoms with Gasteiger partial charge in [0.25, 0.3) is 0 Å². The lowest BCUT2D eigenvalue weighted by Gasteiger charge is -2.57. The van der Waals surface area contributed by atoms with E-state index >= 15 is 0 Å². The minimum absolute atomic E-state index is 0.316. The van der Waals surface area contributed by atoms with Crippen molar-refractivity contribution in [2.45, 2.75) is 89.7 Å². The Kier molecular flexibility index (Phi) is 5.74. The Hall–Kier alpha value is -0.120. The van der Waals surface area contributed by atoms with Crippen LogP contribution < -0.4 is 0 Å². The van der Waals surface area contributed by atoms with Gasteiger partial charge in [-0.2, -0.15) is 0 Å². The number of nitrogens with zero attached hydrogens (tertiary/aromatic N) is 1. The first-order chi connectivity index (χ1) is 12.2. The molecule has 3 nitrogen and oxygen atoms in total. The van der Waals surface area contributed by atoms with Gasteiger partial charge < -0.3 is 9.84 Å². The SMILES string of the molecule is CC[C@H]1CCCCN1C[C@H](O)COCCC12CC3CC(CC(C3)C1)C2. The van der Waals surface area contributed by atoms with E-state index in [9.17, 15) is 5.11 Å². The second-order valence-corrected chi connectivity index (χ2v) is 9.95. The first kappa shape index (κ1) is 18.3. The molecule has 0 spiro atoms. The number of hydrogen-bond donors (Lipinski definition) is 1. The van der Waals surface area contributed by atoms with Gasteiger partial charge in [0.2, 0.25) is 0 Å². The van der Waals surface area contributed by atoms with Gasteiger partial charge in [-0.1, -0.05) is 13.3 Å². The lowest BCUT2D eigenvalue weighted by molar-refractivity contribution is -0.0748. The molecule has 5 rings (SSSR count). The molecule has 144 valence electrons. The first-order valence-electron chi connectivity index (χ1n) is 11.2. The quantitative estimate of drug-likeness (QED) is 0.666. The van der Waals surface area contributed by atoms with E-state index in [2.05, 4.69) is 11.8 Å². The molecule has 25 heavy (non-hydrogen) atoms. The van der Waals surface area contributed by atoms with Gasteiger partial charge in [0.05, 0.1) is 12.7 Å². The van der Waals surface area contributed by atoms with Crippen molar-refractivity contribution < 1.29 is 9.84 Å². The van der Waals surface area contributed by atoms with Crippen LogP contribution in [0.1, 0.15) is 77.6 Å². The minimum atomic E-state index is -0.316. The number of ether oxygens (including phenoxy) is 1. The molecule has 1 heterocycles. The molecule has 1 saturated heterocycles. The van der Waals surface area contributed by atoms with Crippen LogP contribution in [-0.4, -0.2) is 48.5 Å². The Morgan fingerprint density at radius 2 is 1.76 bits per heavy atom. The molecule has 1 N–H and O–H groups in total. The van der Waals surface area contributed by atoms with Crippen molar-refractivity contribution in [2.75, 3.05) is 26.3 Å². The molecule has 5 aliphatic rings. The molecule has 0 radical (unpaired) electrons. The molecule has 4 saturated carbocycles. The van der Waals surface area contributed by atoms with Crippen LogP contribution in [0.4, 0.5) is 0 Å². The van der Waals surface area contributed by atoms with Crippen molar-refractivity contribution in [1.29, 1.82) is 0 Å². The van der Waals surface area contributed by atoms with Crippen molar-refractivity contribution in [2.24, 2.45) is 23.2 Å². The van der Waals surface area contributed by atoms with Gasteiger partial charge in [-0.3, -0.25) is 4.90 Å². The Morgan fingerprint density at radius 3 is 2.40 bits per heavy atom. The molecule has 0 amide bonds. The summed E-state index contributed by atoms with van der Waals surface area (Å²) in [4.78, 5) is 2.50. The first-order valence-corrected chi connectivity index (χ1v) is 11.2. The largest absolute Gasteiger partial charge is 0.389 e. The summed E-state index contributed by atoms with van der Waals surface area (Å²) in [7, 11) is 0. The molecule has 3 heteroatoms. The van der Waals surface area contributed by atoms with Gasteiger partial charge in [-0.05, 0) is 93.9 Å². The van der Waals surface area contributed by atoms with Crippen molar-refractivity contribution in [3.63, 3.8) is 0 Å². The van der Waals surface area contributed by atoms with Gasteiger partial charge in [0.1, 0.15) is 0 Å². The number of aliphatic hydroxyl groups is 1. The summed E-state index contributed by atoms with van der Waals surface area (Å²) in [6, 6.07) is 0.676. The van der Waals surface area contributed by atoms with Crippen LogP contribution in [0.5, 0.6) is 0 Å². The average molecular weight is 350 g/mol. The highest BCUT2D eigenvalue weighted by molar-refractivity contribution is 5.01. The monoisotopic (exact) mass is 349 g/mol. The third kappa shape index (κ3) is 4.25. The van der Waals surface area contributed by atoms with Gasteiger partial charge in [0, 0.05) is 19.2 Å². The van der Waals surface area contributed by atoms with Crippen molar-refractivity contribution in [3.05, 3.63) is 0 Å². The smallest absolute Gasteiger partial charge is 0.0900 e. The zero-order valence-corrected chi connectivity index (χ0v) is 16.3. The summed E-state index contributed by atoms with van der Waals surface area (Å²) < 4.78 is 5.97. The van der Waals surface area contributed by atoms with Gasteiger partial charge in [-0.15, -0.1) is 0 Å². The summed E-state index contributed by atoms with van der Waals surface area (Å²) in [5.74, 6) is 3.09. The number of likely N-dealkylation sites (tertiary alicyclic amines) is 1. The Bertz CT molecular complexity index is 402. The van der Waals surface area contributed by atoms with Crippen LogP contribution in [0, 0.1) is 23.2 Å². The van der Waals surface area contributed by atoms with Crippen molar-refractivity contribution >= 4 is 0 Å². The molecular weight excluding hydrogens is 310 g/mol. The summed E-state index contributed by atoms with van der Waals surface area (Å²) in [6.07, 6.45) is 15.0. The maximum Gasteiger partial charge on any atom is 0.0900 e. The number of β-amino-alcohol motifs (C(OH)–C–C–N with tert-alkyl or cyclic N) is 1. The molecule has 0 aromatic rings. The van der Waals surface area contributed by atoms with E-state index < -0.39 is 0 Å². The van der Waals surface area contributed by atoms with E-state index in [1.165, 1.54) is 70.6 Å². The fourth-order valence-corrected chi connectivity index (χ4v) is 7.19. The van der Waals surface area contributed by atoms with Crippen LogP contribution in [0.2, 0.25) is 0 Å². The van der Waals surface area contributed by atoms with Crippen molar-refractivity contribution in [1.82, 2.24) is 4.90 Å². The average Bonchev–Trinajstić information content (AvgIpc) is 2.58. The van der Waals surface area contributed by atoms with Gasteiger partial charge in [-0.25, -0.2) is 0 Å². The van der Waals surface area contributed by atoms with Crippen LogP contribution in [0.3, 0.4) is 0 Å². The van der Waals surface area contributed by atoms with Gasteiger partial charge >= 0.3 is 0 Å². The van der Waals surface area contributed by atoms with Crippen LogP contribution in [0.15, 0.2) is 0 Å². The molecule has 4 aliphatic carbocycles. The number of hydrogen-bond acceptors (Lipinski definition) is 3. The fraction of sp³-hybridized carbons (Fsp3) is 1.00. The summed E-state index contributed by atoms with van der Waals surface area (Å²) in [6.45, 7) is 5.62. The van der Waals surface area contributed by atoms with E-state index in [1.807, 2.05) is 0 Å². The molecule has 0 aromatic heterocycles. The maximum absolute atomic E-state index is 10.4. The molecule has 0 unspecified atom stereocenters. The Morgan fingerprint density at radius 1 is 1.08 bits per heavy atom. The van der Waals surface area contributed by atoms with E-state index in [0.29, 0.717) is 18.1 Å². The lowest BCUT2D eigenvalue weighted by atomic mass is 9.49. The van der Waals surface area contributed by atoms with Crippen LogP contribution in [0.25, 0.3) is 0 Å². The summed E-state index contributed by atoms with van der Waals surface area (Å²) in [5, 5.41) is 10.4. The van der Waals surface area contributed by atoms with Crippen LogP contribution in [-0.2, 0) is 4.74 Å². The normalized spacial score (nSPS) is 42.0. The zero-order valence-electron chi connectivity index (χ0n) is 16.3. The van der Waals surface area contributed by atoms with E-state index in [1.54, 1.807) is 0 Å². The zero-order chi connectivity index (χ0) is 17.3. The number of aliphatic hydroxyl groups excluding tert-OH is 1. The fourth-order valence-electron chi connectivity index (χ4n) is 7.19. The number of rotatable bonds is 8. The molecule has 2 atom stereocenters. The van der Waals surface area contributed by atoms with E-state index in [4.69, 9.17) is 4.74 Å². The van der Waals surface area contributed by atoms with Gasteiger partial charge in [0.15, 0.2) is 0 Å². The topological polar surface area (TPSA) is 32.7 Å². The van der Waals surface area contributed by atoms with E-state index in [-0.39, 0.29) is 6.10 Å². The highest BCUT2D eigenvalue weighted by Gasteiger charge is 2.50. The van der Waals surface area contributed by atoms with Crippen molar-refractivity contribution in [3.8, 4) is 0 Å². The highest BCUT2D eigenvalue weighted by Crippen LogP contribution is 2.61. The van der Waals surface area contributed by atoms with Crippen LogP contribution >= 0.6 is 0 Å². The second kappa shape index (κ2) is 7.86. The molecule has 4 bridgehead atoms. The van der Waals surface area contributed by atoms with E-state index in [0.717, 1.165) is 37.5 Å². The molecular formula is C22H39NO2. The molecule has 1 aliphatic heterocycles. The standard InChI is InChI=1S/C22H39NO2/c1-2-20-5-3-4-7-23(20)15-21(24)16-25-8-6-22-12-17-9-18(13-22)11-19(10-17)14-22/h17-21,24H,2-16H2,1H3/t17?,18?,19?,20-,21-,22?/m0/s1. The second-order valence-electron chi connectivity index (χ2n) is 9.95. The Balaban J connectivity index is 1.17.